The van der Waals surface area contributed by atoms with E-state index < -0.39 is 0 Å². The van der Waals surface area contributed by atoms with E-state index in [0.29, 0.717) is 13.1 Å². The van der Waals surface area contributed by atoms with Gasteiger partial charge in [-0.25, -0.2) is 0 Å². The quantitative estimate of drug-likeness (QED) is 0.917. The summed E-state index contributed by atoms with van der Waals surface area (Å²) in [5.74, 6) is -0.293. The van der Waals surface area contributed by atoms with Crippen LogP contribution in [0.25, 0.3) is 0 Å². The maximum atomic E-state index is 12.3. The SMILES string of the molecule is CCc1ccc(N2C[C@H](C(=O)NCc3cccs3)CC2=O)cc1. The molecule has 1 atom stereocenters. The Hall–Kier alpha value is -2.14. The van der Waals surface area contributed by atoms with Crippen molar-refractivity contribution >= 4 is 28.8 Å². The average molecular weight is 328 g/mol. The Balaban J connectivity index is 1.60. The van der Waals surface area contributed by atoms with Crippen molar-refractivity contribution in [3.05, 3.63) is 52.2 Å². The number of amides is 2. The van der Waals surface area contributed by atoms with Crippen LogP contribution < -0.4 is 10.2 Å². The molecule has 1 N–H and O–H groups in total. The van der Waals surface area contributed by atoms with Gasteiger partial charge in [-0.15, -0.1) is 11.3 Å². The molecular formula is C18H20N2O2S. The van der Waals surface area contributed by atoms with E-state index in [1.165, 1.54) is 5.56 Å². The van der Waals surface area contributed by atoms with E-state index in [0.717, 1.165) is 17.0 Å². The standard InChI is InChI=1S/C18H20N2O2S/c1-2-13-5-7-15(8-6-13)20-12-14(10-17(20)21)18(22)19-11-16-4-3-9-23-16/h3-9,14H,2,10-12H2,1H3,(H,19,22)/t14-/m1/s1. The zero-order chi connectivity index (χ0) is 16.2. The maximum absolute atomic E-state index is 12.3. The van der Waals surface area contributed by atoms with Gasteiger partial charge in [-0.2, -0.15) is 0 Å². The lowest BCUT2D eigenvalue weighted by atomic mass is 10.1. The third-order valence-corrected chi connectivity index (χ3v) is 5.05. The van der Waals surface area contributed by atoms with Gasteiger partial charge in [-0.3, -0.25) is 9.59 Å². The Labute approximate surface area is 140 Å². The summed E-state index contributed by atoms with van der Waals surface area (Å²) in [7, 11) is 0. The van der Waals surface area contributed by atoms with Crippen molar-refractivity contribution in [2.45, 2.75) is 26.3 Å². The largest absolute Gasteiger partial charge is 0.351 e. The fraction of sp³-hybridized carbons (Fsp3) is 0.333. The second-order valence-electron chi connectivity index (χ2n) is 5.72. The van der Waals surface area contributed by atoms with Crippen molar-refractivity contribution in [3.8, 4) is 0 Å². The number of nitrogens with zero attached hydrogens (tertiary/aromatic N) is 1. The molecule has 0 bridgehead atoms. The van der Waals surface area contributed by atoms with E-state index in [4.69, 9.17) is 0 Å². The van der Waals surface area contributed by atoms with Gasteiger partial charge in [0.05, 0.1) is 12.5 Å². The molecule has 1 aliphatic rings. The zero-order valence-corrected chi connectivity index (χ0v) is 13.9. The molecule has 2 heterocycles. The molecule has 5 heteroatoms. The highest BCUT2D eigenvalue weighted by molar-refractivity contribution is 7.09. The molecule has 3 rings (SSSR count). The third kappa shape index (κ3) is 3.62. The molecule has 1 aromatic heterocycles. The molecule has 0 spiro atoms. The highest BCUT2D eigenvalue weighted by Crippen LogP contribution is 2.25. The Morgan fingerprint density at radius 2 is 2.09 bits per heavy atom. The van der Waals surface area contributed by atoms with Gasteiger partial charge in [0.25, 0.3) is 0 Å². The third-order valence-electron chi connectivity index (χ3n) is 4.17. The molecule has 0 aliphatic carbocycles. The van der Waals surface area contributed by atoms with Crippen LogP contribution in [0.1, 0.15) is 23.8 Å². The van der Waals surface area contributed by atoms with Crippen LogP contribution >= 0.6 is 11.3 Å². The number of nitrogens with one attached hydrogen (secondary N) is 1. The monoisotopic (exact) mass is 328 g/mol. The highest BCUT2D eigenvalue weighted by atomic mass is 32.1. The van der Waals surface area contributed by atoms with Crippen LogP contribution in [0.5, 0.6) is 0 Å². The fourth-order valence-electron chi connectivity index (χ4n) is 2.78. The summed E-state index contributed by atoms with van der Waals surface area (Å²) >= 11 is 1.62. The molecule has 120 valence electrons. The predicted octanol–water partition coefficient (Wildman–Crippen LogP) is 2.98. The van der Waals surface area contributed by atoms with Gasteiger partial charge in [-0.05, 0) is 35.6 Å². The van der Waals surface area contributed by atoms with Gasteiger partial charge in [0.1, 0.15) is 0 Å². The van der Waals surface area contributed by atoms with Crippen LogP contribution in [0.15, 0.2) is 41.8 Å². The number of aryl methyl sites for hydroxylation is 1. The lowest BCUT2D eigenvalue weighted by Crippen LogP contribution is -2.32. The second kappa shape index (κ2) is 6.96. The first-order valence-electron chi connectivity index (χ1n) is 7.86. The van der Waals surface area contributed by atoms with Gasteiger partial charge < -0.3 is 10.2 Å². The summed E-state index contributed by atoms with van der Waals surface area (Å²) in [5.41, 5.74) is 2.12. The van der Waals surface area contributed by atoms with E-state index in [9.17, 15) is 9.59 Å². The number of anilines is 1. The smallest absolute Gasteiger partial charge is 0.227 e. The van der Waals surface area contributed by atoms with E-state index in [-0.39, 0.29) is 24.2 Å². The molecule has 1 saturated heterocycles. The molecule has 1 aromatic carbocycles. The predicted molar refractivity (Wildman–Crippen MR) is 92.4 cm³/mol. The summed E-state index contributed by atoms with van der Waals surface area (Å²) in [4.78, 5) is 27.3. The normalized spacial score (nSPS) is 17.5. The number of carbonyl (C=O) groups is 2. The van der Waals surface area contributed by atoms with Crippen LogP contribution in [0.3, 0.4) is 0 Å². The lowest BCUT2D eigenvalue weighted by molar-refractivity contribution is -0.126. The first kappa shape index (κ1) is 15.7. The topological polar surface area (TPSA) is 49.4 Å². The number of thiophene rings is 1. The van der Waals surface area contributed by atoms with Crippen molar-refractivity contribution in [1.82, 2.24) is 5.32 Å². The van der Waals surface area contributed by atoms with Gasteiger partial charge >= 0.3 is 0 Å². The molecule has 4 nitrogen and oxygen atoms in total. The number of carbonyl (C=O) groups excluding carboxylic acids is 2. The number of hydrogen-bond donors (Lipinski definition) is 1. The van der Waals surface area contributed by atoms with Crippen molar-refractivity contribution < 1.29 is 9.59 Å². The number of benzene rings is 1. The summed E-state index contributed by atoms with van der Waals surface area (Å²) in [6.07, 6.45) is 1.26. The van der Waals surface area contributed by atoms with Crippen LogP contribution in [-0.2, 0) is 22.6 Å². The molecule has 23 heavy (non-hydrogen) atoms. The van der Waals surface area contributed by atoms with Crippen LogP contribution in [0.4, 0.5) is 5.69 Å². The Morgan fingerprint density at radius 3 is 2.74 bits per heavy atom. The Bertz CT molecular complexity index is 680. The van der Waals surface area contributed by atoms with Crippen molar-refractivity contribution in [3.63, 3.8) is 0 Å². The number of hydrogen-bond acceptors (Lipinski definition) is 3. The summed E-state index contributed by atoms with van der Waals surface area (Å²) in [6.45, 7) is 3.09. The first-order chi connectivity index (χ1) is 11.2. The minimum atomic E-state index is -0.270. The van der Waals surface area contributed by atoms with Crippen molar-refractivity contribution in [1.29, 1.82) is 0 Å². The van der Waals surface area contributed by atoms with Gasteiger partial charge in [0.15, 0.2) is 0 Å². The average Bonchev–Trinajstić information content (AvgIpc) is 3.22. The zero-order valence-electron chi connectivity index (χ0n) is 13.1. The molecule has 0 unspecified atom stereocenters. The van der Waals surface area contributed by atoms with Gasteiger partial charge in [-0.1, -0.05) is 25.1 Å². The molecule has 0 radical (unpaired) electrons. The van der Waals surface area contributed by atoms with E-state index >= 15 is 0 Å². The van der Waals surface area contributed by atoms with Crippen molar-refractivity contribution in [2.75, 3.05) is 11.4 Å². The van der Waals surface area contributed by atoms with E-state index in [1.807, 2.05) is 41.8 Å². The van der Waals surface area contributed by atoms with E-state index in [1.54, 1.807) is 16.2 Å². The fourth-order valence-corrected chi connectivity index (χ4v) is 3.42. The summed E-state index contributed by atoms with van der Waals surface area (Å²) < 4.78 is 0. The maximum Gasteiger partial charge on any atom is 0.227 e. The van der Waals surface area contributed by atoms with Crippen LogP contribution in [-0.4, -0.2) is 18.4 Å². The Kier molecular flexibility index (Phi) is 4.76. The minimum Gasteiger partial charge on any atom is -0.351 e. The lowest BCUT2D eigenvalue weighted by Gasteiger charge is -2.17. The number of rotatable bonds is 5. The highest BCUT2D eigenvalue weighted by Gasteiger charge is 2.34. The summed E-state index contributed by atoms with van der Waals surface area (Å²) in [5, 5.41) is 4.92. The second-order valence-corrected chi connectivity index (χ2v) is 6.75. The van der Waals surface area contributed by atoms with Gasteiger partial charge in [0, 0.05) is 23.5 Å². The molecule has 0 saturated carbocycles. The molecule has 2 amide bonds. The Morgan fingerprint density at radius 1 is 1.30 bits per heavy atom. The summed E-state index contributed by atoms with van der Waals surface area (Å²) in [6, 6.07) is 11.9. The van der Waals surface area contributed by atoms with Crippen LogP contribution in [0, 0.1) is 5.92 Å². The molecule has 2 aromatic rings. The molecular weight excluding hydrogens is 308 g/mol. The molecule has 1 aliphatic heterocycles. The van der Waals surface area contributed by atoms with Crippen LogP contribution in [0.2, 0.25) is 0 Å². The first-order valence-corrected chi connectivity index (χ1v) is 8.74. The molecule has 1 fully saturated rings. The van der Waals surface area contributed by atoms with Crippen molar-refractivity contribution in [2.24, 2.45) is 5.92 Å². The van der Waals surface area contributed by atoms with E-state index in [2.05, 4.69) is 12.2 Å². The van der Waals surface area contributed by atoms with Gasteiger partial charge in [0.2, 0.25) is 11.8 Å². The minimum absolute atomic E-state index is 0.0190.